The average molecular weight is 461 g/mol. The molecule has 0 radical (unpaired) electrons. The summed E-state index contributed by atoms with van der Waals surface area (Å²) in [4.78, 5) is 39.0. The molecule has 2 aromatic rings. The Morgan fingerprint density at radius 3 is 2.35 bits per heavy atom. The molecular formula is C27H28N2O5. The van der Waals surface area contributed by atoms with Gasteiger partial charge in [0.05, 0.1) is 0 Å². The van der Waals surface area contributed by atoms with Crippen LogP contribution in [-0.4, -0.2) is 53.2 Å². The lowest BCUT2D eigenvalue weighted by Gasteiger charge is -2.38. The Labute approximate surface area is 199 Å². The van der Waals surface area contributed by atoms with Crippen molar-refractivity contribution in [3.05, 3.63) is 59.7 Å². The van der Waals surface area contributed by atoms with Crippen LogP contribution in [0.25, 0.3) is 11.1 Å². The standard InChI is InChI=1S/C27H28N2O5/c1-3-9-23(25(30)29-15-8-10-17(2)24(29)26(31)32)28-27(33)34-16-22-20-13-6-4-11-18(20)19-12-5-7-14-21(19)22/h1,4-7,11-14,17,22-24H,8-10,15-16H2,2H3,(H,28,33)(H,31,32). The van der Waals surface area contributed by atoms with Gasteiger partial charge in [-0.05, 0) is 41.0 Å². The number of terminal acetylenes is 1. The second-order valence-corrected chi connectivity index (χ2v) is 8.86. The molecule has 0 aromatic heterocycles. The lowest BCUT2D eigenvalue weighted by Crippen LogP contribution is -2.57. The number of hydrogen-bond acceptors (Lipinski definition) is 4. The first kappa shape index (κ1) is 23.4. The number of carboxylic acids is 1. The van der Waals surface area contributed by atoms with Gasteiger partial charge in [0.2, 0.25) is 5.91 Å². The van der Waals surface area contributed by atoms with Gasteiger partial charge >= 0.3 is 12.1 Å². The van der Waals surface area contributed by atoms with Crippen molar-refractivity contribution in [2.24, 2.45) is 5.92 Å². The Balaban J connectivity index is 1.45. The highest BCUT2D eigenvalue weighted by Crippen LogP contribution is 2.44. The van der Waals surface area contributed by atoms with Gasteiger partial charge in [-0.25, -0.2) is 9.59 Å². The summed E-state index contributed by atoms with van der Waals surface area (Å²) in [6.07, 6.45) is 6.05. The van der Waals surface area contributed by atoms with Crippen LogP contribution in [0, 0.1) is 18.3 Å². The fourth-order valence-electron chi connectivity index (χ4n) is 5.11. The number of carboxylic acid groups (broad SMARTS) is 1. The van der Waals surface area contributed by atoms with Gasteiger partial charge in [0, 0.05) is 18.9 Å². The van der Waals surface area contributed by atoms with Gasteiger partial charge in [-0.15, -0.1) is 12.3 Å². The minimum absolute atomic E-state index is 0.0553. The molecule has 3 unspecified atom stereocenters. The van der Waals surface area contributed by atoms with Crippen LogP contribution in [0.3, 0.4) is 0 Å². The van der Waals surface area contributed by atoms with Gasteiger partial charge in [0.25, 0.3) is 0 Å². The molecule has 1 aliphatic heterocycles. The van der Waals surface area contributed by atoms with Crippen molar-refractivity contribution in [1.29, 1.82) is 0 Å². The summed E-state index contributed by atoms with van der Waals surface area (Å²) < 4.78 is 5.54. The number of alkyl carbamates (subject to hydrolysis) is 1. The Hall–Kier alpha value is -3.79. The smallest absolute Gasteiger partial charge is 0.407 e. The van der Waals surface area contributed by atoms with Gasteiger partial charge in [-0.2, -0.15) is 0 Å². The van der Waals surface area contributed by atoms with E-state index in [1.807, 2.05) is 55.5 Å². The number of aliphatic carboxylic acids is 1. The fourth-order valence-corrected chi connectivity index (χ4v) is 5.11. The largest absolute Gasteiger partial charge is 0.480 e. The zero-order valence-electron chi connectivity index (χ0n) is 19.1. The Morgan fingerprint density at radius 1 is 1.15 bits per heavy atom. The molecule has 2 aliphatic rings. The Morgan fingerprint density at radius 2 is 1.76 bits per heavy atom. The molecule has 0 spiro atoms. The van der Waals surface area contributed by atoms with Crippen LogP contribution < -0.4 is 5.32 Å². The maximum Gasteiger partial charge on any atom is 0.407 e. The minimum atomic E-state index is -1.05. The molecule has 0 bridgehead atoms. The van der Waals surface area contributed by atoms with Crippen molar-refractivity contribution in [3.63, 3.8) is 0 Å². The predicted octanol–water partition coefficient (Wildman–Crippen LogP) is 3.63. The second-order valence-electron chi connectivity index (χ2n) is 8.86. The highest BCUT2D eigenvalue weighted by Gasteiger charge is 2.40. The van der Waals surface area contributed by atoms with E-state index in [0.29, 0.717) is 13.0 Å². The fraction of sp³-hybridized carbons (Fsp3) is 0.370. The summed E-state index contributed by atoms with van der Waals surface area (Å²) in [6.45, 7) is 2.23. The topological polar surface area (TPSA) is 95.9 Å². The molecule has 7 nitrogen and oxygen atoms in total. The quantitative estimate of drug-likeness (QED) is 0.642. The van der Waals surface area contributed by atoms with E-state index in [1.54, 1.807) is 0 Å². The van der Waals surface area contributed by atoms with Crippen molar-refractivity contribution in [2.45, 2.75) is 44.2 Å². The molecule has 176 valence electrons. The van der Waals surface area contributed by atoms with Crippen LogP contribution in [0.15, 0.2) is 48.5 Å². The second kappa shape index (κ2) is 10.0. The molecule has 0 saturated carbocycles. The first-order chi connectivity index (χ1) is 16.4. The lowest BCUT2D eigenvalue weighted by molar-refractivity contribution is -0.155. The summed E-state index contributed by atoms with van der Waals surface area (Å²) >= 11 is 0. The lowest BCUT2D eigenvalue weighted by atomic mass is 9.90. The molecular weight excluding hydrogens is 432 g/mol. The number of carbonyl (C=O) groups is 3. The number of benzene rings is 2. The third-order valence-electron chi connectivity index (χ3n) is 6.73. The first-order valence-corrected chi connectivity index (χ1v) is 11.5. The molecule has 3 atom stereocenters. The summed E-state index contributed by atoms with van der Waals surface area (Å²) in [5, 5.41) is 12.2. The Bertz CT molecular complexity index is 1090. The van der Waals surface area contributed by atoms with Crippen molar-refractivity contribution in [3.8, 4) is 23.5 Å². The number of nitrogens with zero attached hydrogens (tertiary/aromatic N) is 1. The number of rotatable bonds is 6. The number of ether oxygens (including phenoxy) is 1. The molecule has 1 aliphatic carbocycles. The van der Waals surface area contributed by atoms with Gasteiger partial charge in [-0.1, -0.05) is 55.5 Å². The summed E-state index contributed by atoms with van der Waals surface area (Å²) in [5.74, 6) is 0.561. The van der Waals surface area contributed by atoms with Crippen molar-refractivity contribution >= 4 is 18.0 Å². The highest BCUT2D eigenvalue weighted by molar-refractivity contribution is 5.90. The van der Waals surface area contributed by atoms with Crippen LogP contribution in [-0.2, 0) is 14.3 Å². The van der Waals surface area contributed by atoms with E-state index in [4.69, 9.17) is 11.2 Å². The molecule has 4 rings (SSSR count). The van der Waals surface area contributed by atoms with E-state index in [0.717, 1.165) is 28.7 Å². The first-order valence-electron chi connectivity index (χ1n) is 11.5. The third-order valence-corrected chi connectivity index (χ3v) is 6.73. The molecule has 1 heterocycles. The highest BCUT2D eigenvalue weighted by atomic mass is 16.5. The molecule has 2 N–H and O–H groups in total. The number of fused-ring (bicyclic) bond motifs is 3. The maximum atomic E-state index is 13.2. The number of carbonyl (C=O) groups excluding carboxylic acids is 2. The number of amides is 2. The predicted molar refractivity (Wildman–Crippen MR) is 127 cm³/mol. The average Bonchev–Trinajstić information content (AvgIpc) is 3.15. The third kappa shape index (κ3) is 4.49. The van der Waals surface area contributed by atoms with Gasteiger partial charge in [0.15, 0.2) is 0 Å². The number of hydrogen-bond donors (Lipinski definition) is 2. The number of piperidine rings is 1. The molecule has 1 saturated heterocycles. The van der Waals surface area contributed by atoms with E-state index in [2.05, 4.69) is 11.2 Å². The van der Waals surface area contributed by atoms with Crippen LogP contribution in [0.2, 0.25) is 0 Å². The molecule has 1 fully saturated rings. The van der Waals surface area contributed by atoms with Gasteiger partial charge in [-0.3, -0.25) is 4.79 Å². The molecule has 2 aromatic carbocycles. The number of nitrogens with one attached hydrogen (secondary N) is 1. The SMILES string of the molecule is C#CCC(NC(=O)OCC1c2ccccc2-c2ccccc21)C(=O)N1CCCC(C)C1C(=O)O. The molecule has 2 amide bonds. The maximum absolute atomic E-state index is 13.2. The van der Waals surface area contributed by atoms with E-state index in [9.17, 15) is 19.5 Å². The van der Waals surface area contributed by atoms with Gasteiger partial charge < -0.3 is 20.1 Å². The molecule has 7 heteroatoms. The van der Waals surface area contributed by atoms with Crippen LogP contribution in [0.4, 0.5) is 4.79 Å². The summed E-state index contributed by atoms with van der Waals surface area (Å²) in [5.41, 5.74) is 4.40. The minimum Gasteiger partial charge on any atom is -0.480 e. The Kier molecular flexibility index (Phi) is 6.87. The number of likely N-dealkylation sites (tertiary alicyclic amines) is 1. The summed E-state index contributed by atoms with van der Waals surface area (Å²) in [7, 11) is 0. The monoisotopic (exact) mass is 460 g/mol. The molecule has 34 heavy (non-hydrogen) atoms. The normalized spacial score (nSPS) is 19.9. The van der Waals surface area contributed by atoms with E-state index in [-0.39, 0.29) is 24.9 Å². The van der Waals surface area contributed by atoms with E-state index >= 15 is 0 Å². The van der Waals surface area contributed by atoms with Crippen LogP contribution in [0.5, 0.6) is 0 Å². The van der Waals surface area contributed by atoms with Crippen molar-refractivity contribution in [2.75, 3.05) is 13.2 Å². The van der Waals surface area contributed by atoms with Crippen molar-refractivity contribution in [1.82, 2.24) is 10.2 Å². The summed E-state index contributed by atoms with van der Waals surface area (Å²) in [6, 6.07) is 14.0. The van der Waals surface area contributed by atoms with Crippen molar-refractivity contribution < 1.29 is 24.2 Å². The van der Waals surface area contributed by atoms with Crippen LogP contribution in [0.1, 0.15) is 43.2 Å². The zero-order valence-corrected chi connectivity index (χ0v) is 19.1. The van der Waals surface area contributed by atoms with E-state index in [1.165, 1.54) is 4.90 Å². The van der Waals surface area contributed by atoms with E-state index < -0.39 is 30.1 Å². The van der Waals surface area contributed by atoms with Gasteiger partial charge in [0.1, 0.15) is 18.7 Å². The zero-order chi connectivity index (χ0) is 24.2. The van der Waals surface area contributed by atoms with Crippen LogP contribution >= 0.6 is 0 Å².